The van der Waals surface area contributed by atoms with E-state index in [2.05, 4.69) is 15.7 Å². The number of pyridine rings is 1. The summed E-state index contributed by atoms with van der Waals surface area (Å²) in [6.45, 7) is 5.33. The van der Waals surface area contributed by atoms with Gasteiger partial charge in [0.1, 0.15) is 0 Å². The topological polar surface area (TPSA) is 89.3 Å². The Morgan fingerprint density at radius 3 is 3.00 bits per heavy atom. The first-order valence-corrected chi connectivity index (χ1v) is 5.48. The summed E-state index contributed by atoms with van der Waals surface area (Å²) < 4.78 is 5.12. The largest absolute Gasteiger partial charge is 0.380 e. The number of aryl methyl sites for hydroxylation is 1. The summed E-state index contributed by atoms with van der Waals surface area (Å²) in [6, 6.07) is 1.72. The molecular weight excluding hydrogens is 220 g/mol. The number of ether oxygens (including phenoxy) is 1. The van der Waals surface area contributed by atoms with E-state index in [0.717, 1.165) is 5.69 Å². The van der Waals surface area contributed by atoms with Crippen LogP contribution in [-0.2, 0) is 4.74 Å². The van der Waals surface area contributed by atoms with Gasteiger partial charge in [-0.2, -0.15) is 0 Å². The fourth-order valence-corrected chi connectivity index (χ4v) is 1.34. The number of aromatic nitrogens is 1. The van der Waals surface area contributed by atoms with Gasteiger partial charge in [0.05, 0.1) is 17.9 Å². The molecule has 6 nitrogen and oxygen atoms in total. The number of nitrogens with zero attached hydrogens (tertiary/aromatic N) is 1. The molecule has 1 rings (SSSR count). The van der Waals surface area contributed by atoms with Crippen molar-refractivity contribution < 1.29 is 9.53 Å². The van der Waals surface area contributed by atoms with Crippen molar-refractivity contribution in [2.45, 2.75) is 13.8 Å². The first-order valence-electron chi connectivity index (χ1n) is 5.48. The Hall–Kier alpha value is -1.66. The monoisotopic (exact) mass is 238 g/mol. The van der Waals surface area contributed by atoms with Crippen LogP contribution in [0.1, 0.15) is 23.0 Å². The van der Waals surface area contributed by atoms with E-state index in [1.54, 1.807) is 6.07 Å². The molecule has 0 aromatic carbocycles. The van der Waals surface area contributed by atoms with Gasteiger partial charge in [-0.25, -0.2) is 0 Å². The van der Waals surface area contributed by atoms with Gasteiger partial charge in [-0.05, 0) is 19.9 Å². The van der Waals surface area contributed by atoms with Crippen molar-refractivity contribution in [1.29, 1.82) is 0 Å². The van der Waals surface area contributed by atoms with E-state index >= 15 is 0 Å². The Bertz CT molecular complexity index is 382. The summed E-state index contributed by atoms with van der Waals surface area (Å²) >= 11 is 0. The van der Waals surface area contributed by atoms with Crippen LogP contribution in [0.5, 0.6) is 0 Å². The minimum absolute atomic E-state index is 0.217. The van der Waals surface area contributed by atoms with Crippen LogP contribution >= 0.6 is 0 Å². The second-order valence-electron chi connectivity index (χ2n) is 3.47. The SMILES string of the molecule is CCOCCNC(=O)c1cnc(C)cc1NN. The number of amides is 1. The molecule has 0 spiro atoms. The van der Waals surface area contributed by atoms with E-state index in [1.165, 1.54) is 6.20 Å². The number of anilines is 1. The average Bonchev–Trinajstić information content (AvgIpc) is 2.34. The van der Waals surface area contributed by atoms with Crippen molar-refractivity contribution >= 4 is 11.6 Å². The maximum Gasteiger partial charge on any atom is 0.255 e. The van der Waals surface area contributed by atoms with Crippen molar-refractivity contribution in [3.63, 3.8) is 0 Å². The highest BCUT2D eigenvalue weighted by atomic mass is 16.5. The van der Waals surface area contributed by atoms with Crippen molar-refractivity contribution in [2.75, 3.05) is 25.2 Å². The highest BCUT2D eigenvalue weighted by Crippen LogP contribution is 2.13. The first kappa shape index (κ1) is 13.4. The molecule has 1 aromatic heterocycles. The van der Waals surface area contributed by atoms with Crippen LogP contribution < -0.4 is 16.6 Å². The number of nitrogen functional groups attached to an aromatic ring is 1. The second kappa shape index (κ2) is 6.82. The number of nitrogens with one attached hydrogen (secondary N) is 2. The zero-order valence-electron chi connectivity index (χ0n) is 10.1. The van der Waals surface area contributed by atoms with E-state index in [4.69, 9.17) is 10.6 Å². The Balaban J connectivity index is 2.62. The van der Waals surface area contributed by atoms with Gasteiger partial charge in [0.2, 0.25) is 0 Å². The number of carbonyl (C=O) groups excluding carboxylic acids is 1. The lowest BCUT2D eigenvalue weighted by molar-refractivity contribution is 0.0923. The Kier molecular flexibility index (Phi) is 5.38. The van der Waals surface area contributed by atoms with Crippen LogP contribution in [0.4, 0.5) is 5.69 Å². The molecule has 17 heavy (non-hydrogen) atoms. The molecule has 0 saturated carbocycles. The molecule has 1 amide bonds. The maximum absolute atomic E-state index is 11.8. The molecule has 0 saturated heterocycles. The smallest absolute Gasteiger partial charge is 0.255 e. The molecule has 6 heteroatoms. The fraction of sp³-hybridized carbons (Fsp3) is 0.455. The summed E-state index contributed by atoms with van der Waals surface area (Å²) in [7, 11) is 0. The summed E-state index contributed by atoms with van der Waals surface area (Å²) in [4.78, 5) is 15.9. The van der Waals surface area contributed by atoms with Crippen LogP contribution in [0.25, 0.3) is 0 Å². The van der Waals surface area contributed by atoms with Crippen LogP contribution in [-0.4, -0.2) is 30.6 Å². The van der Waals surface area contributed by atoms with E-state index in [-0.39, 0.29) is 5.91 Å². The predicted molar refractivity (Wildman–Crippen MR) is 65.6 cm³/mol. The van der Waals surface area contributed by atoms with Gasteiger partial charge in [-0.1, -0.05) is 0 Å². The van der Waals surface area contributed by atoms with Gasteiger partial charge in [-0.15, -0.1) is 0 Å². The Morgan fingerprint density at radius 1 is 1.59 bits per heavy atom. The highest BCUT2D eigenvalue weighted by molar-refractivity contribution is 5.99. The summed E-state index contributed by atoms with van der Waals surface area (Å²) in [5.41, 5.74) is 4.27. The number of hydrogen-bond acceptors (Lipinski definition) is 5. The quantitative estimate of drug-likeness (QED) is 0.380. The molecule has 94 valence electrons. The number of nitrogens with two attached hydrogens (primary N) is 1. The summed E-state index contributed by atoms with van der Waals surface area (Å²) in [5.74, 6) is 5.13. The molecular formula is C11H18N4O2. The van der Waals surface area contributed by atoms with Crippen LogP contribution in [0.2, 0.25) is 0 Å². The van der Waals surface area contributed by atoms with E-state index in [0.29, 0.717) is 31.0 Å². The fourth-order valence-electron chi connectivity index (χ4n) is 1.34. The molecule has 0 unspecified atom stereocenters. The Labute approximate surface area is 101 Å². The zero-order chi connectivity index (χ0) is 12.7. The van der Waals surface area contributed by atoms with Gasteiger partial charge in [0, 0.05) is 25.0 Å². The number of hydrogen-bond donors (Lipinski definition) is 3. The standard InChI is InChI=1S/C11H18N4O2/c1-3-17-5-4-13-11(16)9-7-14-8(2)6-10(9)15-12/h6-7H,3-5,12H2,1-2H3,(H,13,16)(H,14,15). The predicted octanol–water partition coefficient (Wildman–Crippen LogP) is 0.442. The third-order valence-corrected chi connectivity index (χ3v) is 2.18. The lowest BCUT2D eigenvalue weighted by Crippen LogP contribution is -2.28. The first-order chi connectivity index (χ1) is 8.19. The van der Waals surface area contributed by atoms with Gasteiger partial charge in [0.15, 0.2) is 0 Å². The molecule has 0 atom stereocenters. The van der Waals surface area contributed by atoms with E-state index < -0.39 is 0 Å². The third-order valence-electron chi connectivity index (χ3n) is 2.18. The average molecular weight is 238 g/mol. The maximum atomic E-state index is 11.8. The second-order valence-corrected chi connectivity index (χ2v) is 3.47. The van der Waals surface area contributed by atoms with Crippen molar-refractivity contribution in [1.82, 2.24) is 10.3 Å². The molecule has 0 aliphatic heterocycles. The van der Waals surface area contributed by atoms with Crippen molar-refractivity contribution in [2.24, 2.45) is 5.84 Å². The van der Waals surface area contributed by atoms with Crippen LogP contribution in [0.15, 0.2) is 12.3 Å². The van der Waals surface area contributed by atoms with Crippen LogP contribution in [0, 0.1) is 6.92 Å². The van der Waals surface area contributed by atoms with E-state index in [1.807, 2.05) is 13.8 Å². The minimum Gasteiger partial charge on any atom is -0.380 e. The van der Waals surface area contributed by atoms with E-state index in [9.17, 15) is 4.79 Å². The molecule has 4 N–H and O–H groups in total. The molecule has 1 aromatic rings. The van der Waals surface area contributed by atoms with Crippen molar-refractivity contribution in [3.05, 3.63) is 23.5 Å². The van der Waals surface area contributed by atoms with Gasteiger partial charge in [0.25, 0.3) is 5.91 Å². The minimum atomic E-state index is -0.217. The molecule has 0 fully saturated rings. The Morgan fingerprint density at radius 2 is 2.35 bits per heavy atom. The lowest BCUT2D eigenvalue weighted by atomic mass is 10.2. The highest BCUT2D eigenvalue weighted by Gasteiger charge is 2.10. The third kappa shape index (κ3) is 4.01. The van der Waals surface area contributed by atoms with Gasteiger partial charge in [-0.3, -0.25) is 15.6 Å². The summed E-state index contributed by atoms with van der Waals surface area (Å²) in [6.07, 6.45) is 1.50. The molecule has 0 radical (unpaired) electrons. The zero-order valence-corrected chi connectivity index (χ0v) is 10.1. The molecule has 0 bridgehead atoms. The van der Waals surface area contributed by atoms with Gasteiger partial charge < -0.3 is 15.5 Å². The molecule has 1 heterocycles. The lowest BCUT2D eigenvalue weighted by Gasteiger charge is -2.09. The summed E-state index contributed by atoms with van der Waals surface area (Å²) in [5, 5.41) is 2.73. The van der Waals surface area contributed by atoms with Crippen LogP contribution in [0.3, 0.4) is 0 Å². The number of rotatable bonds is 6. The molecule has 0 aliphatic rings. The number of carbonyl (C=O) groups is 1. The van der Waals surface area contributed by atoms with Crippen molar-refractivity contribution in [3.8, 4) is 0 Å². The molecule has 0 aliphatic carbocycles. The number of hydrazine groups is 1. The normalized spacial score (nSPS) is 10.1. The van der Waals surface area contributed by atoms with Gasteiger partial charge >= 0.3 is 0 Å².